The van der Waals surface area contributed by atoms with Gasteiger partial charge in [0.05, 0.1) is 16.7 Å². The Morgan fingerprint density at radius 2 is 2.29 bits per heavy atom. The average molecular weight is 239 g/mol. The molecule has 0 amide bonds. The Hall–Kier alpha value is -1.69. The lowest BCUT2D eigenvalue weighted by Gasteiger charge is -2.17. The van der Waals surface area contributed by atoms with Crippen LogP contribution in [0.25, 0.3) is 0 Å². The van der Waals surface area contributed by atoms with Crippen molar-refractivity contribution >= 4 is 11.4 Å². The molecule has 0 bridgehead atoms. The third-order valence-electron chi connectivity index (χ3n) is 2.95. The number of hydrogen-bond acceptors (Lipinski definition) is 4. The van der Waals surface area contributed by atoms with Gasteiger partial charge >= 0.3 is 0 Å². The van der Waals surface area contributed by atoms with Crippen molar-refractivity contribution in [1.82, 2.24) is 0 Å². The number of nitrogens with one attached hydrogen (secondary N) is 1. The Morgan fingerprint density at radius 3 is 2.76 bits per heavy atom. The van der Waals surface area contributed by atoms with Crippen LogP contribution in [0.2, 0.25) is 0 Å². The number of anilines is 1. The fraction of sp³-hybridized carbons (Fsp3) is 0.455. The van der Waals surface area contributed by atoms with Gasteiger partial charge in [0, 0.05) is 18.7 Å². The molecule has 6 heteroatoms. The molecule has 3 N–H and O–H groups in total. The van der Waals surface area contributed by atoms with Crippen molar-refractivity contribution in [3.05, 3.63) is 34.1 Å². The van der Waals surface area contributed by atoms with Crippen LogP contribution in [0.5, 0.6) is 0 Å². The number of benzene rings is 1. The second-order valence-electron chi connectivity index (χ2n) is 4.25. The van der Waals surface area contributed by atoms with E-state index in [9.17, 15) is 14.5 Å². The monoisotopic (exact) mass is 239 g/mol. The van der Waals surface area contributed by atoms with E-state index >= 15 is 0 Å². The summed E-state index contributed by atoms with van der Waals surface area (Å²) in [6.45, 7) is 0.432. The molecule has 0 radical (unpaired) electrons. The van der Waals surface area contributed by atoms with E-state index in [1.165, 1.54) is 12.1 Å². The van der Waals surface area contributed by atoms with E-state index in [0.29, 0.717) is 12.5 Å². The number of nitrogens with two attached hydrogens (primary N) is 1. The highest BCUT2D eigenvalue weighted by molar-refractivity contribution is 5.51. The molecule has 0 aromatic heterocycles. The molecule has 1 aliphatic rings. The minimum absolute atomic E-state index is 0.0472. The number of nitrogens with zero attached hydrogens (tertiary/aromatic N) is 1. The zero-order chi connectivity index (χ0) is 12.4. The van der Waals surface area contributed by atoms with Crippen molar-refractivity contribution in [2.75, 3.05) is 11.9 Å². The Bertz CT molecular complexity index is 435. The number of nitro groups is 1. The molecular formula is C11H14FN3O2. The summed E-state index contributed by atoms with van der Waals surface area (Å²) in [6.07, 6.45) is 2.20. The van der Waals surface area contributed by atoms with Crippen molar-refractivity contribution in [1.29, 1.82) is 0 Å². The highest BCUT2D eigenvalue weighted by atomic mass is 19.1. The van der Waals surface area contributed by atoms with Crippen LogP contribution in [0.4, 0.5) is 15.8 Å². The van der Waals surface area contributed by atoms with Crippen LogP contribution < -0.4 is 11.1 Å². The van der Waals surface area contributed by atoms with Crippen LogP contribution >= 0.6 is 0 Å². The summed E-state index contributed by atoms with van der Waals surface area (Å²) >= 11 is 0. The maximum absolute atomic E-state index is 13.6. The van der Waals surface area contributed by atoms with E-state index in [-0.39, 0.29) is 17.4 Å². The molecule has 17 heavy (non-hydrogen) atoms. The molecule has 1 fully saturated rings. The van der Waals surface area contributed by atoms with Crippen molar-refractivity contribution in [2.45, 2.75) is 18.9 Å². The summed E-state index contributed by atoms with van der Waals surface area (Å²) in [5, 5.41) is 13.5. The lowest BCUT2D eigenvalue weighted by atomic mass is 10.1. The Morgan fingerprint density at radius 1 is 1.59 bits per heavy atom. The van der Waals surface area contributed by atoms with Crippen LogP contribution in [0.15, 0.2) is 18.2 Å². The van der Waals surface area contributed by atoms with E-state index < -0.39 is 10.7 Å². The molecule has 1 atom stereocenters. The van der Waals surface area contributed by atoms with E-state index in [0.717, 1.165) is 18.9 Å². The quantitative estimate of drug-likeness (QED) is 0.607. The first-order valence-electron chi connectivity index (χ1n) is 5.52. The Kier molecular flexibility index (Phi) is 3.23. The standard InChI is InChI=1S/C11H14FN3O2/c12-9-5-8(15(16)17)3-4-10(9)14-11(6-13)7-1-2-7/h3-5,7,11,14H,1-2,6,13H2. The van der Waals surface area contributed by atoms with Gasteiger partial charge in [-0.15, -0.1) is 0 Å². The first kappa shape index (κ1) is 11.8. The maximum Gasteiger partial charge on any atom is 0.272 e. The largest absolute Gasteiger partial charge is 0.378 e. The molecule has 92 valence electrons. The fourth-order valence-corrected chi connectivity index (χ4v) is 1.80. The normalized spacial score (nSPS) is 16.6. The van der Waals surface area contributed by atoms with Gasteiger partial charge in [0.25, 0.3) is 5.69 Å². The average Bonchev–Trinajstić information content (AvgIpc) is 3.11. The molecule has 1 unspecified atom stereocenters. The van der Waals surface area contributed by atoms with Gasteiger partial charge in [-0.25, -0.2) is 4.39 Å². The fourth-order valence-electron chi connectivity index (χ4n) is 1.80. The second kappa shape index (κ2) is 4.67. The highest BCUT2D eigenvalue weighted by Crippen LogP contribution is 2.34. The summed E-state index contributed by atoms with van der Waals surface area (Å²) < 4.78 is 13.6. The molecule has 0 aliphatic heterocycles. The number of nitro benzene ring substituents is 1. The third-order valence-corrected chi connectivity index (χ3v) is 2.95. The van der Waals surface area contributed by atoms with Gasteiger partial charge in [-0.1, -0.05) is 0 Å². The molecule has 1 aromatic carbocycles. The van der Waals surface area contributed by atoms with Crippen LogP contribution in [0, 0.1) is 21.8 Å². The number of rotatable bonds is 5. The van der Waals surface area contributed by atoms with Crippen molar-refractivity contribution in [2.24, 2.45) is 11.7 Å². The molecule has 0 heterocycles. The highest BCUT2D eigenvalue weighted by Gasteiger charge is 2.30. The SMILES string of the molecule is NCC(Nc1ccc([N+](=O)[O-])cc1F)C1CC1. The predicted molar refractivity (Wildman–Crippen MR) is 62.2 cm³/mol. The van der Waals surface area contributed by atoms with Gasteiger partial charge in [0.1, 0.15) is 0 Å². The van der Waals surface area contributed by atoms with Crippen LogP contribution in [0.3, 0.4) is 0 Å². The molecule has 1 saturated carbocycles. The zero-order valence-electron chi connectivity index (χ0n) is 9.23. The molecule has 0 saturated heterocycles. The summed E-state index contributed by atoms with van der Waals surface area (Å²) in [4.78, 5) is 9.84. The number of hydrogen-bond donors (Lipinski definition) is 2. The Labute approximate surface area is 98.0 Å². The second-order valence-corrected chi connectivity index (χ2v) is 4.25. The van der Waals surface area contributed by atoms with Gasteiger partial charge < -0.3 is 11.1 Å². The summed E-state index contributed by atoms with van der Waals surface area (Å²) in [5.41, 5.74) is 5.63. The van der Waals surface area contributed by atoms with Crippen molar-refractivity contribution < 1.29 is 9.31 Å². The van der Waals surface area contributed by atoms with Gasteiger partial charge in [-0.05, 0) is 24.8 Å². The summed E-state index contributed by atoms with van der Waals surface area (Å²) in [7, 11) is 0. The van der Waals surface area contributed by atoms with Crippen LogP contribution in [-0.2, 0) is 0 Å². The lowest BCUT2D eigenvalue weighted by molar-refractivity contribution is -0.385. The van der Waals surface area contributed by atoms with Crippen molar-refractivity contribution in [3.63, 3.8) is 0 Å². The maximum atomic E-state index is 13.6. The number of non-ortho nitro benzene ring substituents is 1. The molecule has 0 spiro atoms. The minimum atomic E-state index is -0.617. The third kappa shape index (κ3) is 2.71. The lowest BCUT2D eigenvalue weighted by Crippen LogP contribution is -2.31. The van der Waals surface area contributed by atoms with Crippen LogP contribution in [0.1, 0.15) is 12.8 Å². The molecule has 1 aromatic rings. The minimum Gasteiger partial charge on any atom is -0.378 e. The van der Waals surface area contributed by atoms with Gasteiger partial charge in [-0.3, -0.25) is 10.1 Å². The molecule has 2 rings (SSSR count). The molecule has 5 nitrogen and oxygen atoms in total. The Balaban J connectivity index is 2.12. The van der Waals surface area contributed by atoms with Gasteiger partial charge in [-0.2, -0.15) is 0 Å². The smallest absolute Gasteiger partial charge is 0.272 e. The molecular weight excluding hydrogens is 225 g/mol. The topological polar surface area (TPSA) is 81.2 Å². The summed E-state index contributed by atoms with van der Waals surface area (Å²) in [5.74, 6) is -0.118. The predicted octanol–water partition coefficient (Wildman–Crippen LogP) is 1.88. The first-order valence-corrected chi connectivity index (χ1v) is 5.52. The van der Waals surface area contributed by atoms with Crippen molar-refractivity contribution in [3.8, 4) is 0 Å². The van der Waals surface area contributed by atoms with E-state index in [1.807, 2.05) is 0 Å². The van der Waals surface area contributed by atoms with Crippen LogP contribution in [-0.4, -0.2) is 17.5 Å². The molecule has 1 aliphatic carbocycles. The zero-order valence-corrected chi connectivity index (χ0v) is 9.23. The number of halogens is 1. The van der Waals surface area contributed by atoms with E-state index in [4.69, 9.17) is 5.73 Å². The van der Waals surface area contributed by atoms with E-state index in [1.54, 1.807) is 0 Å². The summed E-state index contributed by atoms with van der Waals surface area (Å²) in [6, 6.07) is 3.64. The van der Waals surface area contributed by atoms with Gasteiger partial charge in [0.2, 0.25) is 0 Å². The first-order chi connectivity index (χ1) is 8.11. The van der Waals surface area contributed by atoms with Gasteiger partial charge in [0.15, 0.2) is 5.82 Å². The van der Waals surface area contributed by atoms with E-state index in [2.05, 4.69) is 5.32 Å².